The van der Waals surface area contributed by atoms with Crippen LogP contribution in [0.4, 0.5) is 0 Å². The van der Waals surface area contributed by atoms with Crippen molar-refractivity contribution in [3.63, 3.8) is 0 Å². The Bertz CT molecular complexity index is 854. The lowest BCUT2D eigenvalue weighted by Gasteiger charge is -2.18. The SMILES string of the molecule is CC/C=C\C/C=C\C/C=C\CCCCCCCC(=O)OC(CCCCC)CCCCCC(=O)NCC(=O)NC(CO)C(=O)O. The van der Waals surface area contributed by atoms with Crippen molar-refractivity contribution in [2.75, 3.05) is 13.2 Å². The van der Waals surface area contributed by atoms with Gasteiger partial charge in [0, 0.05) is 12.8 Å². The van der Waals surface area contributed by atoms with Gasteiger partial charge in [0.15, 0.2) is 0 Å². The highest BCUT2D eigenvalue weighted by Crippen LogP contribution is 2.17. The molecular formula is C35H60N2O7. The zero-order chi connectivity index (χ0) is 32.7. The van der Waals surface area contributed by atoms with Gasteiger partial charge in [-0.1, -0.05) is 88.8 Å². The fraction of sp³-hybridized carbons (Fsp3) is 0.714. The molecule has 9 heteroatoms. The van der Waals surface area contributed by atoms with Crippen LogP contribution in [0.15, 0.2) is 36.5 Å². The summed E-state index contributed by atoms with van der Waals surface area (Å²) >= 11 is 0. The van der Waals surface area contributed by atoms with Crippen LogP contribution in [0.1, 0.15) is 136 Å². The molecule has 4 N–H and O–H groups in total. The van der Waals surface area contributed by atoms with E-state index in [1.165, 1.54) is 12.8 Å². The Kier molecular flexibility index (Phi) is 28.1. The van der Waals surface area contributed by atoms with Gasteiger partial charge in [0.25, 0.3) is 0 Å². The number of carboxylic acid groups (broad SMARTS) is 1. The second kappa shape index (κ2) is 30.1. The molecule has 44 heavy (non-hydrogen) atoms. The highest BCUT2D eigenvalue weighted by atomic mass is 16.5. The number of allylic oxidation sites excluding steroid dienone is 6. The van der Waals surface area contributed by atoms with E-state index in [0.717, 1.165) is 89.9 Å². The monoisotopic (exact) mass is 620 g/mol. The van der Waals surface area contributed by atoms with Gasteiger partial charge in [0.2, 0.25) is 11.8 Å². The first kappa shape index (κ1) is 41.1. The molecule has 0 aromatic heterocycles. The van der Waals surface area contributed by atoms with E-state index in [0.29, 0.717) is 12.8 Å². The standard InChI is InChI=1S/C35H60N2O7/c1-3-5-7-8-9-10-11-12-13-14-15-16-17-18-23-27-34(41)44-30(24-20-6-4-2)25-21-19-22-26-32(39)36-28-33(40)37-31(29-38)35(42)43/h5,7,9-10,12-13,30-31,38H,3-4,6,8,11,14-29H2,1-2H3,(H,36,39)(H,37,40)(H,42,43)/b7-5-,10-9-,13-12-. The minimum absolute atomic E-state index is 0.0882. The van der Waals surface area contributed by atoms with Crippen molar-refractivity contribution >= 4 is 23.8 Å². The Balaban J connectivity index is 4.05. The second-order valence-corrected chi connectivity index (χ2v) is 11.2. The van der Waals surface area contributed by atoms with Gasteiger partial charge in [-0.15, -0.1) is 0 Å². The molecule has 0 saturated heterocycles. The predicted molar refractivity (Wildman–Crippen MR) is 176 cm³/mol. The Hall–Kier alpha value is -2.94. The molecule has 2 atom stereocenters. The number of ether oxygens (including phenoxy) is 1. The summed E-state index contributed by atoms with van der Waals surface area (Å²) in [6.07, 6.45) is 30.7. The summed E-state index contributed by atoms with van der Waals surface area (Å²) in [5, 5.41) is 22.4. The average Bonchev–Trinajstić information content (AvgIpc) is 3.00. The third kappa shape index (κ3) is 26.7. The van der Waals surface area contributed by atoms with E-state index in [9.17, 15) is 19.2 Å². The van der Waals surface area contributed by atoms with Crippen molar-refractivity contribution in [1.82, 2.24) is 10.6 Å². The van der Waals surface area contributed by atoms with E-state index < -0.39 is 24.5 Å². The van der Waals surface area contributed by atoms with Crippen LogP contribution in [0.25, 0.3) is 0 Å². The fourth-order valence-electron chi connectivity index (χ4n) is 4.55. The molecule has 0 rings (SSSR count). The molecule has 2 amide bonds. The predicted octanol–water partition coefficient (Wildman–Crippen LogP) is 6.70. The lowest BCUT2D eigenvalue weighted by Crippen LogP contribution is -2.47. The number of carbonyl (C=O) groups is 4. The normalized spacial score (nSPS) is 13.0. The maximum Gasteiger partial charge on any atom is 0.328 e. The molecule has 0 aromatic rings. The number of nitrogens with one attached hydrogen (secondary N) is 2. The van der Waals surface area contributed by atoms with E-state index in [1.54, 1.807) is 0 Å². The summed E-state index contributed by atoms with van der Waals surface area (Å²) in [6, 6.07) is -1.39. The minimum Gasteiger partial charge on any atom is -0.480 e. The number of esters is 1. The number of rotatable bonds is 29. The minimum atomic E-state index is -1.39. The van der Waals surface area contributed by atoms with Gasteiger partial charge in [-0.25, -0.2) is 4.79 Å². The van der Waals surface area contributed by atoms with Crippen LogP contribution in [0.2, 0.25) is 0 Å². The number of aliphatic hydroxyl groups excluding tert-OH is 1. The van der Waals surface area contributed by atoms with Crippen molar-refractivity contribution in [2.24, 2.45) is 0 Å². The summed E-state index contributed by atoms with van der Waals surface area (Å²) in [4.78, 5) is 47.0. The number of carboxylic acids is 1. The van der Waals surface area contributed by atoms with Crippen molar-refractivity contribution in [3.8, 4) is 0 Å². The topological polar surface area (TPSA) is 142 Å². The first-order valence-electron chi connectivity index (χ1n) is 16.9. The van der Waals surface area contributed by atoms with Crippen LogP contribution in [0, 0.1) is 0 Å². The van der Waals surface area contributed by atoms with Gasteiger partial charge >= 0.3 is 11.9 Å². The molecule has 0 aromatic carbocycles. The quantitative estimate of drug-likeness (QED) is 0.0414. The van der Waals surface area contributed by atoms with Crippen LogP contribution in [0.5, 0.6) is 0 Å². The number of amides is 2. The molecule has 0 spiro atoms. The first-order valence-corrected chi connectivity index (χ1v) is 16.9. The van der Waals surface area contributed by atoms with Gasteiger partial charge in [-0.05, 0) is 70.6 Å². The molecule has 0 aliphatic rings. The number of aliphatic hydroxyl groups is 1. The fourth-order valence-corrected chi connectivity index (χ4v) is 4.55. The van der Waals surface area contributed by atoms with Crippen molar-refractivity contribution in [2.45, 2.75) is 148 Å². The van der Waals surface area contributed by atoms with E-state index >= 15 is 0 Å². The maximum absolute atomic E-state index is 12.5. The molecule has 0 saturated carbocycles. The van der Waals surface area contributed by atoms with E-state index in [-0.39, 0.29) is 30.9 Å². The molecular weight excluding hydrogens is 560 g/mol. The maximum atomic E-state index is 12.5. The van der Waals surface area contributed by atoms with Crippen LogP contribution in [-0.2, 0) is 23.9 Å². The molecule has 0 radical (unpaired) electrons. The van der Waals surface area contributed by atoms with Gasteiger partial charge < -0.3 is 25.6 Å². The number of hydrogen-bond donors (Lipinski definition) is 4. The number of unbranched alkanes of at least 4 members (excludes halogenated alkanes) is 9. The van der Waals surface area contributed by atoms with Gasteiger partial charge in [0.05, 0.1) is 13.2 Å². The third-order valence-corrected chi connectivity index (χ3v) is 7.15. The average molecular weight is 621 g/mol. The molecule has 0 aliphatic heterocycles. The van der Waals surface area contributed by atoms with Crippen molar-refractivity contribution < 1.29 is 34.1 Å². The van der Waals surface area contributed by atoms with Crippen LogP contribution < -0.4 is 10.6 Å². The number of aliphatic carboxylic acids is 1. The smallest absolute Gasteiger partial charge is 0.328 e. The summed E-state index contributed by atoms with van der Waals surface area (Å²) in [7, 11) is 0. The summed E-state index contributed by atoms with van der Waals surface area (Å²) < 4.78 is 5.83. The highest BCUT2D eigenvalue weighted by Gasteiger charge is 2.19. The number of carbonyl (C=O) groups excluding carboxylic acids is 3. The van der Waals surface area contributed by atoms with E-state index in [2.05, 4.69) is 60.9 Å². The van der Waals surface area contributed by atoms with E-state index in [4.69, 9.17) is 14.9 Å². The second-order valence-electron chi connectivity index (χ2n) is 11.2. The summed E-state index contributed by atoms with van der Waals surface area (Å²) in [5.74, 6) is -2.42. The van der Waals surface area contributed by atoms with Gasteiger partial charge in [-0.2, -0.15) is 0 Å². The van der Waals surface area contributed by atoms with E-state index in [1.807, 2.05) is 0 Å². The molecule has 9 nitrogen and oxygen atoms in total. The molecule has 0 bridgehead atoms. The Labute approximate surface area is 266 Å². The van der Waals surface area contributed by atoms with Crippen molar-refractivity contribution in [3.05, 3.63) is 36.5 Å². The Morgan fingerprint density at radius 3 is 1.95 bits per heavy atom. The Morgan fingerprint density at radius 2 is 1.30 bits per heavy atom. The highest BCUT2D eigenvalue weighted by molar-refractivity contribution is 5.87. The lowest BCUT2D eigenvalue weighted by molar-refractivity contribution is -0.150. The van der Waals surface area contributed by atoms with Crippen LogP contribution >= 0.6 is 0 Å². The summed E-state index contributed by atoms with van der Waals surface area (Å²) in [6.45, 7) is 3.23. The lowest BCUT2D eigenvalue weighted by atomic mass is 10.0. The Morgan fingerprint density at radius 1 is 0.705 bits per heavy atom. The number of hydrogen-bond acceptors (Lipinski definition) is 6. The van der Waals surface area contributed by atoms with Crippen LogP contribution in [-0.4, -0.2) is 59.3 Å². The van der Waals surface area contributed by atoms with Gasteiger partial charge in [0.1, 0.15) is 12.1 Å². The summed E-state index contributed by atoms with van der Waals surface area (Å²) in [5.41, 5.74) is 0. The van der Waals surface area contributed by atoms with Gasteiger partial charge in [-0.3, -0.25) is 14.4 Å². The molecule has 252 valence electrons. The zero-order valence-electron chi connectivity index (χ0n) is 27.4. The van der Waals surface area contributed by atoms with Crippen molar-refractivity contribution in [1.29, 1.82) is 0 Å². The molecule has 0 heterocycles. The third-order valence-electron chi connectivity index (χ3n) is 7.15. The van der Waals surface area contributed by atoms with Crippen LogP contribution in [0.3, 0.4) is 0 Å². The molecule has 0 fully saturated rings. The zero-order valence-corrected chi connectivity index (χ0v) is 27.4. The molecule has 0 aliphatic carbocycles. The first-order chi connectivity index (χ1) is 21.3. The largest absolute Gasteiger partial charge is 0.480 e. The molecule has 2 unspecified atom stereocenters.